The van der Waals surface area contributed by atoms with Crippen molar-refractivity contribution in [3.63, 3.8) is 0 Å². The van der Waals surface area contributed by atoms with Crippen molar-refractivity contribution in [1.82, 2.24) is 14.7 Å². The first-order valence-corrected chi connectivity index (χ1v) is 6.74. The lowest BCUT2D eigenvalue weighted by Gasteiger charge is -2.18. The molecule has 0 radical (unpaired) electrons. The summed E-state index contributed by atoms with van der Waals surface area (Å²) in [5.41, 5.74) is 8.37. The normalized spacial score (nSPS) is 10.4. The van der Waals surface area contributed by atoms with Gasteiger partial charge in [-0.25, -0.2) is 0 Å². The van der Waals surface area contributed by atoms with Gasteiger partial charge in [0.15, 0.2) is 0 Å². The van der Waals surface area contributed by atoms with E-state index in [0.29, 0.717) is 12.2 Å². The highest BCUT2D eigenvalue weighted by Gasteiger charge is 2.10. The van der Waals surface area contributed by atoms with Gasteiger partial charge >= 0.3 is 0 Å². The number of aromatic nitrogens is 2. The van der Waals surface area contributed by atoms with Crippen LogP contribution in [0.4, 0.5) is 11.4 Å². The van der Waals surface area contributed by atoms with E-state index in [1.807, 2.05) is 43.3 Å². The first kappa shape index (κ1) is 14.9. The highest BCUT2D eigenvalue weighted by Crippen LogP contribution is 2.13. The first-order valence-electron chi connectivity index (χ1n) is 6.74. The third-order valence-electron chi connectivity index (χ3n) is 3.25. The number of carbonyl (C=O) groups is 1. The van der Waals surface area contributed by atoms with E-state index < -0.39 is 0 Å². The summed E-state index contributed by atoms with van der Waals surface area (Å²) < 4.78 is 1.54. The van der Waals surface area contributed by atoms with E-state index >= 15 is 0 Å². The van der Waals surface area contributed by atoms with Crippen LogP contribution in [-0.2, 0) is 17.9 Å². The van der Waals surface area contributed by atoms with Gasteiger partial charge in [0.2, 0.25) is 5.91 Å². The molecule has 0 aliphatic carbocycles. The van der Waals surface area contributed by atoms with E-state index in [1.165, 1.54) is 6.20 Å². The molecule has 0 aliphatic heterocycles. The summed E-state index contributed by atoms with van der Waals surface area (Å²) >= 11 is 0. The van der Waals surface area contributed by atoms with Crippen molar-refractivity contribution in [2.24, 2.45) is 0 Å². The summed E-state index contributed by atoms with van der Waals surface area (Å²) in [5, 5.41) is 4.01. The van der Waals surface area contributed by atoms with Gasteiger partial charge in [-0.1, -0.05) is 12.1 Å². The van der Waals surface area contributed by atoms with Gasteiger partial charge < -0.3 is 15.5 Å². The molecule has 0 fully saturated rings. The average molecular weight is 287 g/mol. The number of rotatable bonds is 5. The van der Waals surface area contributed by atoms with Crippen LogP contribution in [0.3, 0.4) is 0 Å². The number of benzene rings is 1. The van der Waals surface area contributed by atoms with Gasteiger partial charge in [-0.2, -0.15) is 5.10 Å². The number of amides is 1. The van der Waals surface area contributed by atoms with Gasteiger partial charge in [0, 0.05) is 39.6 Å². The largest absolute Gasteiger partial charge is 0.396 e. The molecule has 6 nitrogen and oxygen atoms in total. The fourth-order valence-corrected chi connectivity index (χ4v) is 1.99. The standard InChI is InChI=1S/C15H21N5O/c1-18(2)14-6-4-12(5-7-14)9-19(3)15(21)11-20-10-13(16)8-17-20/h4-8,10H,9,11,16H2,1-3H3. The van der Waals surface area contributed by atoms with Crippen molar-refractivity contribution in [1.29, 1.82) is 0 Å². The van der Waals surface area contributed by atoms with Crippen LogP contribution in [-0.4, -0.2) is 41.7 Å². The van der Waals surface area contributed by atoms with Gasteiger partial charge in [0.25, 0.3) is 0 Å². The average Bonchev–Trinajstić information content (AvgIpc) is 2.84. The fraction of sp³-hybridized carbons (Fsp3) is 0.333. The van der Waals surface area contributed by atoms with E-state index in [4.69, 9.17) is 5.73 Å². The van der Waals surface area contributed by atoms with E-state index in [1.54, 1.807) is 22.8 Å². The molecule has 1 heterocycles. The Balaban J connectivity index is 1.93. The van der Waals surface area contributed by atoms with Gasteiger partial charge in [0.05, 0.1) is 11.9 Å². The molecule has 21 heavy (non-hydrogen) atoms. The highest BCUT2D eigenvalue weighted by molar-refractivity contribution is 5.75. The molecule has 0 saturated heterocycles. The second-order valence-electron chi connectivity index (χ2n) is 5.28. The molecule has 112 valence electrons. The monoisotopic (exact) mass is 287 g/mol. The summed E-state index contributed by atoms with van der Waals surface area (Å²) in [5.74, 6) is -0.00483. The Bertz CT molecular complexity index is 603. The number of anilines is 2. The van der Waals surface area contributed by atoms with Crippen LogP contribution in [0.1, 0.15) is 5.56 Å². The molecule has 1 amide bonds. The van der Waals surface area contributed by atoms with Crippen LogP contribution in [0.15, 0.2) is 36.7 Å². The van der Waals surface area contributed by atoms with E-state index in [2.05, 4.69) is 5.10 Å². The molecule has 0 unspecified atom stereocenters. The SMILES string of the molecule is CN(Cc1ccc(N(C)C)cc1)C(=O)Cn1cc(N)cn1. The predicted octanol–water partition coefficient (Wildman–Crippen LogP) is 1.19. The summed E-state index contributed by atoms with van der Waals surface area (Å²) in [7, 11) is 5.79. The number of nitrogens with zero attached hydrogens (tertiary/aromatic N) is 4. The third-order valence-corrected chi connectivity index (χ3v) is 3.25. The van der Waals surface area contributed by atoms with Crippen LogP contribution in [0.2, 0.25) is 0 Å². The second-order valence-corrected chi connectivity index (χ2v) is 5.28. The Morgan fingerprint density at radius 2 is 1.90 bits per heavy atom. The summed E-state index contributed by atoms with van der Waals surface area (Å²) in [6.45, 7) is 0.771. The minimum Gasteiger partial charge on any atom is -0.396 e. The zero-order valence-corrected chi connectivity index (χ0v) is 12.7. The summed E-state index contributed by atoms with van der Waals surface area (Å²) in [6, 6.07) is 8.15. The fourth-order valence-electron chi connectivity index (χ4n) is 1.99. The Labute approximate surface area is 124 Å². The van der Waals surface area contributed by atoms with Crippen molar-refractivity contribution in [2.45, 2.75) is 13.1 Å². The number of carbonyl (C=O) groups excluding carboxylic acids is 1. The molecular formula is C15H21N5O. The second kappa shape index (κ2) is 6.30. The molecule has 2 N–H and O–H groups in total. The molecular weight excluding hydrogens is 266 g/mol. The highest BCUT2D eigenvalue weighted by atomic mass is 16.2. The van der Waals surface area contributed by atoms with Gasteiger partial charge in [-0.3, -0.25) is 9.48 Å². The topological polar surface area (TPSA) is 67.4 Å². The molecule has 0 bridgehead atoms. The number of hydrogen-bond acceptors (Lipinski definition) is 4. The lowest BCUT2D eigenvalue weighted by atomic mass is 10.2. The van der Waals surface area contributed by atoms with Crippen molar-refractivity contribution >= 4 is 17.3 Å². The van der Waals surface area contributed by atoms with Crippen molar-refractivity contribution in [2.75, 3.05) is 31.8 Å². The van der Waals surface area contributed by atoms with Crippen molar-refractivity contribution in [3.05, 3.63) is 42.2 Å². The minimum absolute atomic E-state index is 0.00483. The lowest BCUT2D eigenvalue weighted by molar-refractivity contribution is -0.131. The molecule has 2 aromatic rings. The van der Waals surface area contributed by atoms with Crippen molar-refractivity contribution in [3.8, 4) is 0 Å². The maximum Gasteiger partial charge on any atom is 0.244 e. The zero-order valence-electron chi connectivity index (χ0n) is 12.7. The van der Waals surface area contributed by atoms with Crippen LogP contribution in [0, 0.1) is 0 Å². The van der Waals surface area contributed by atoms with Crippen LogP contribution in [0.25, 0.3) is 0 Å². The predicted molar refractivity (Wildman–Crippen MR) is 83.9 cm³/mol. The van der Waals surface area contributed by atoms with Gasteiger partial charge in [-0.15, -0.1) is 0 Å². The van der Waals surface area contributed by atoms with E-state index in [9.17, 15) is 4.79 Å². The molecule has 0 spiro atoms. The number of nitrogen functional groups attached to an aromatic ring is 1. The molecule has 6 heteroatoms. The maximum atomic E-state index is 12.1. The quantitative estimate of drug-likeness (QED) is 0.897. The van der Waals surface area contributed by atoms with Gasteiger partial charge in [-0.05, 0) is 17.7 Å². The molecule has 1 aromatic heterocycles. The van der Waals surface area contributed by atoms with Crippen molar-refractivity contribution < 1.29 is 4.79 Å². The van der Waals surface area contributed by atoms with Crippen LogP contribution >= 0.6 is 0 Å². The molecule has 0 saturated carbocycles. The Kier molecular flexibility index (Phi) is 4.47. The first-order chi connectivity index (χ1) is 9.95. The van der Waals surface area contributed by atoms with E-state index in [-0.39, 0.29) is 12.5 Å². The van der Waals surface area contributed by atoms with E-state index in [0.717, 1.165) is 11.3 Å². The zero-order chi connectivity index (χ0) is 15.4. The Hall–Kier alpha value is -2.50. The Morgan fingerprint density at radius 3 is 2.43 bits per heavy atom. The smallest absolute Gasteiger partial charge is 0.244 e. The molecule has 0 atom stereocenters. The summed E-state index contributed by atoms with van der Waals surface area (Å²) in [6.07, 6.45) is 3.19. The molecule has 2 rings (SSSR count). The van der Waals surface area contributed by atoms with Crippen LogP contribution < -0.4 is 10.6 Å². The molecule has 0 aliphatic rings. The number of likely N-dealkylation sites (N-methyl/N-ethyl adjacent to an activating group) is 1. The Morgan fingerprint density at radius 1 is 1.24 bits per heavy atom. The third kappa shape index (κ3) is 3.98. The number of hydrogen-bond donors (Lipinski definition) is 1. The molecule has 1 aromatic carbocycles. The van der Waals surface area contributed by atoms with Crippen LogP contribution in [0.5, 0.6) is 0 Å². The number of nitrogens with two attached hydrogens (primary N) is 1. The minimum atomic E-state index is -0.00483. The summed E-state index contributed by atoms with van der Waals surface area (Å²) in [4.78, 5) is 15.8. The van der Waals surface area contributed by atoms with Gasteiger partial charge in [0.1, 0.15) is 6.54 Å². The lowest BCUT2D eigenvalue weighted by Crippen LogP contribution is -2.29. The maximum absolute atomic E-state index is 12.1.